The van der Waals surface area contributed by atoms with E-state index in [0.29, 0.717) is 26.1 Å². The van der Waals surface area contributed by atoms with Gasteiger partial charge in [-0.05, 0) is 32.6 Å². The van der Waals surface area contributed by atoms with Gasteiger partial charge in [0.15, 0.2) is 0 Å². The summed E-state index contributed by atoms with van der Waals surface area (Å²) in [5.74, 6) is -1.02. The van der Waals surface area contributed by atoms with Crippen molar-refractivity contribution in [3.8, 4) is 0 Å². The second-order valence-corrected chi connectivity index (χ2v) is 5.41. The molecule has 116 valence electrons. The number of carboxylic acids is 1. The molecule has 6 nitrogen and oxygen atoms in total. The van der Waals surface area contributed by atoms with E-state index < -0.39 is 5.97 Å². The van der Waals surface area contributed by atoms with Crippen molar-refractivity contribution in [2.45, 2.75) is 39.2 Å². The SMILES string of the molecule is CCN(C(=O)NCC1CCCC1C(=O)O)C(C)COC. The molecule has 0 aromatic heterocycles. The largest absolute Gasteiger partial charge is 0.481 e. The first-order valence-corrected chi connectivity index (χ1v) is 7.27. The molecule has 3 atom stereocenters. The number of rotatable bonds is 7. The Balaban J connectivity index is 2.47. The van der Waals surface area contributed by atoms with Crippen LogP contribution in [0.1, 0.15) is 33.1 Å². The van der Waals surface area contributed by atoms with Crippen LogP contribution in [0.4, 0.5) is 4.79 Å². The van der Waals surface area contributed by atoms with Crippen molar-refractivity contribution in [1.29, 1.82) is 0 Å². The van der Waals surface area contributed by atoms with Crippen LogP contribution in [0.2, 0.25) is 0 Å². The van der Waals surface area contributed by atoms with Gasteiger partial charge in [0.1, 0.15) is 0 Å². The highest BCUT2D eigenvalue weighted by Gasteiger charge is 2.33. The summed E-state index contributed by atoms with van der Waals surface area (Å²) >= 11 is 0. The number of nitrogens with one attached hydrogen (secondary N) is 1. The van der Waals surface area contributed by atoms with E-state index in [2.05, 4.69) is 5.32 Å². The molecule has 0 aliphatic heterocycles. The molecule has 3 unspecified atom stereocenters. The number of aliphatic carboxylic acids is 1. The Bertz CT molecular complexity index is 335. The summed E-state index contributed by atoms with van der Waals surface area (Å²) < 4.78 is 5.06. The van der Waals surface area contributed by atoms with Crippen LogP contribution >= 0.6 is 0 Å². The number of carbonyl (C=O) groups excluding carboxylic acids is 1. The van der Waals surface area contributed by atoms with E-state index in [-0.39, 0.29) is 23.9 Å². The summed E-state index contributed by atoms with van der Waals surface area (Å²) in [5, 5.41) is 12.0. The van der Waals surface area contributed by atoms with Crippen LogP contribution in [0.5, 0.6) is 0 Å². The molecule has 1 fully saturated rings. The van der Waals surface area contributed by atoms with Gasteiger partial charge < -0.3 is 20.1 Å². The maximum atomic E-state index is 12.1. The molecule has 20 heavy (non-hydrogen) atoms. The fourth-order valence-corrected chi connectivity index (χ4v) is 2.91. The molecule has 1 aliphatic rings. The lowest BCUT2D eigenvalue weighted by Gasteiger charge is -2.28. The molecule has 1 aliphatic carbocycles. The molecule has 2 amide bonds. The number of hydrogen-bond acceptors (Lipinski definition) is 3. The zero-order valence-electron chi connectivity index (χ0n) is 12.6. The zero-order valence-corrected chi connectivity index (χ0v) is 12.6. The topological polar surface area (TPSA) is 78.9 Å². The fourth-order valence-electron chi connectivity index (χ4n) is 2.91. The number of urea groups is 1. The Kier molecular flexibility index (Phi) is 6.78. The van der Waals surface area contributed by atoms with Gasteiger partial charge in [-0.3, -0.25) is 4.79 Å². The van der Waals surface area contributed by atoms with Crippen LogP contribution in [0.25, 0.3) is 0 Å². The quantitative estimate of drug-likeness (QED) is 0.744. The predicted molar refractivity (Wildman–Crippen MR) is 75.6 cm³/mol. The lowest BCUT2D eigenvalue weighted by atomic mass is 9.96. The number of carboxylic acid groups (broad SMARTS) is 1. The monoisotopic (exact) mass is 286 g/mol. The molecule has 0 aromatic carbocycles. The number of methoxy groups -OCH3 is 1. The van der Waals surface area contributed by atoms with Gasteiger partial charge in [0.25, 0.3) is 0 Å². The number of likely N-dealkylation sites (N-methyl/N-ethyl adjacent to an activating group) is 1. The maximum absolute atomic E-state index is 12.1. The first-order valence-electron chi connectivity index (χ1n) is 7.27. The molecule has 0 heterocycles. The Morgan fingerprint density at radius 1 is 1.45 bits per heavy atom. The molecular weight excluding hydrogens is 260 g/mol. The van der Waals surface area contributed by atoms with Gasteiger partial charge in [0.2, 0.25) is 0 Å². The van der Waals surface area contributed by atoms with Crippen molar-refractivity contribution in [3.05, 3.63) is 0 Å². The highest BCUT2D eigenvalue weighted by Crippen LogP contribution is 2.31. The molecule has 6 heteroatoms. The average Bonchev–Trinajstić information content (AvgIpc) is 2.86. The molecule has 1 saturated carbocycles. The summed E-state index contributed by atoms with van der Waals surface area (Å²) in [4.78, 5) is 24.9. The Labute approximate surface area is 120 Å². The molecule has 0 saturated heterocycles. The van der Waals surface area contributed by atoms with E-state index in [0.717, 1.165) is 12.8 Å². The highest BCUT2D eigenvalue weighted by atomic mass is 16.5. The molecule has 1 rings (SSSR count). The summed E-state index contributed by atoms with van der Waals surface area (Å²) in [6, 6.07) is -0.142. The van der Waals surface area contributed by atoms with Gasteiger partial charge in [-0.25, -0.2) is 4.79 Å². The van der Waals surface area contributed by atoms with Crippen LogP contribution in [0.15, 0.2) is 0 Å². The van der Waals surface area contributed by atoms with Crippen molar-refractivity contribution in [1.82, 2.24) is 10.2 Å². The lowest BCUT2D eigenvalue weighted by molar-refractivity contribution is -0.142. The number of hydrogen-bond donors (Lipinski definition) is 2. The third kappa shape index (κ3) is 4.37. The van der Waals surface area contributed by atoms with Crippen molar-refractivity contribution in [3.63, 3.8) is 0 Å². The van der Waals surface area contributed by atoms with Crippen molar-refractivity contribution >= 4 is 12.0 Å². The molecular formula is C14H26N2O4. The second-order valence-electron chi connectivity index (χ2n) is 5.41. The summed E-state index contributed by atoms with van der Waals surface area (Å²) in [6.45, 7) is 5.38. The van der Waals surface area contributed by atoms with Gasteiger partial charge in [-0.2, -0.15) is 0 Å². The van der Waals surface area contributed by atoms with Crippen LogP contribution in [-0.2, 0) is 9.53 Å². The van der Waals surface area contributed by atoms with Gasteiger partial charge in [-0.1, -0.05) is 6.42 Å². The minimum atomic E-state index is -0.748. The van der Waals surface area contributed by atoms with Crippen molar-refractivity contribution < 1.29 is 19.4 Å². The van der Waals surface area contributed by atoms with E-state index in [1.807, 2.05) is 13.8 Å². The van der Waals surface area contributed by atoms with E-state index >= 15 is 0 Å². The minimum Gasteiger partial charge on any atom is -0.481 e. The smallest absolute Gasteiger partial charge is 0.317 e. The van der Waals surface area contributed by atoms with E-state index in [9.17, 15) is 9.59 Å². The van der Waals surface area contributed by atoms with E-state index in [1.54, 1.807) is 12.0 Å². The number of amides is 2. The maximum Gasteiger partial charge on any atom is 0.317 e. The van der Waals surface area contributed by atoms with Crippen molar-refractivity contribution in [2.24, 2.45) is 11.8 Å². The predicted octanol–water partition coefficient (Wildman–Crippen LogP) is 1.55. The van der Waals surface area contributed by atoms with Gasteiger partial charge >= 0.3 is 12.0 Å². The second kappa shape index (κ2) is 8.09. The normalized spacial score (nSPS) is 23.4. The van der Waals surface area contributed by atoms with Gasteiger partial charge in [-0.15, -0.1) is 0 Å². The molecule has 0 aromatic rings. The Hall–Kier alpha value is -1.30. The van der Waals surface area contributed by atoms with Gasteiger partial charge in [0, 0.05) is 20.2 Å². The van der Waals surface area contributed by atoms with Crippen LogP contribution in [0, 0.1) is 11.8 Å². The Morgan fingerprint density at radius 2 is 2.15 bits per heavy atom. The fraction of sp³-hybridized carbons (Fsp3) is 0.857. The standard InChI is InChI=1S/C14H26N2O4/c1-4-16(10(2)9-20-3)14(19)15-8-11-6-5-7-12(11)13(17)18/h10-12H,4-9H2,1-3H3,(H,15,19)(H,17,18). The lowest BCUT2D eigenvalue weighted by Crippen LogP contribution is -2.48. The Morgan fingerprint density at radius 3 is 2.70 bits per heavy atom. The van der Waals surface area contributed by atoms with Crippen LogP contribution in [-0.4, -0.2) is 54.9 Å². The highest BCUT2D eigenvalue weighted by molar-refractivity contribution is 5.75. The van der Waals surface area contributed by atoms with Crippen LogP contribution < -0.4 is 5.32 Å². The first kappa shape index (κ1) is 16.8. The number of nitrogens with zero attached hydrogens (tertiary/aromatic N) is 1. The average molecular weight is 286 g/mol. The van der Waals surface area contributed by atoms with E-state index in [4.69, 9.17) is 9.84 Å². The molecule has 0 spiro atoms. The third-order valence-corrected chi connectivity index (χ3v) is 4.03. The third-order valence-electron chi connectivity index (χ3n) is 4.03. The molecule has 0 radical (unpaired) electrons. The minimum absolute atomic E-state index is 0.00356. The van der Waals surface area contributed by atoms with Gasteiger partial charge in [0.05, 0.1) is 18.6 Å². The number of carbonyl (C=O) groups is 2. The van der Waals surface area contributed by atoms with Crippen molar-refractivity contribution in [2.75, 3.05) is 26.8 Å². The summed E-state index contributed by atoms with van der Waals surface area (Å²) in [7, 11) is 1.61. The summed E-state index contributed by atoms with van der Waals surface area (Å²) in [5.41, 5.74) is 0. The first-order chi connectivity index (χ1) is 9.51. The zero-order chi connectivity index (χ0) is 15.1. The molecule has 0 bridgehead atoms. The summed E-state index contributed by atoms with van der Waals surface area (Å²) in [6.07, 6.45) is 2.51. The van der Waals surface area contributed by atoms with E-state index in [1.165, 1.54) is 0 Å². The molecule has 2 N–H and O–H groups in total. The number of ether oxygens (including phenoxy) is 1. The van der Waals surface area contributed by atoms with Crippen LogP contribution in [0.3, 0.4) is 0 Å².